The predicted octanol–water partition coefficient (Wildman–Crippen LogP) is -0.223. The summed E-state index contributed by atoms with van der Waals surface area (Å²) in [6, 6.07) is 0. The van der Waals surface area contributed by atoms with Crippen LogP contribution in [-0.2, 0) is 9.53 Å². The highest BCUT2D eigenvalue weighted by molar-refractivity contribution is 5.85. The minimum absolute atomic E-state index is 0.146. The predicted molar refractivity (Wildman–Crippen MR) is 37.1 cm³/mol. The second-order valence-corrected chi connectivity index (χ2v) is 2.52. The Morgan fingerprint density at radius 1 is 1.82 bits per heavy atom. The first-order valence-electron chi connectivity index (χ1n) is 3.32. The van der Waals surface area contributed by atoms with Crippen LogP contribution in [0.5, 0.6) is 0 Å². The molecule has 1 aliphatic rings. The molecule has 0 aromatic carbocycles. The van der Waals surface area contributed by atoms with Gasteiger partial charge in [-0.15, -0.1) is 0 Å². The Balaban J connectivity index is 2.48. The summed E-state index contributed by atoms with van der Waals surface area (Å²) >= 11 is 0. The van der Waals surface area contributed by atoms with Crippen molar-refractivity contribution in [1.29, 1.82) is 0 Å². The standard InChI is InChI=1S/C7H10O4/c1-4(7(9)10)2-5(8)6-3-11-6/h2,5-6,8H,3H2,1H3,(H,9,10). The van der Waals surface area contributed by atoms with Crippen molar-refractivity contribution in [3.8, 4) is 0 Å². The number of carboxylic acids is 1. The number of aliphatic hydroxyl groups excluding tert-OH is 1. The first-order valence-corrected chi connectivity index (χ1v) is 3.32. The molecule has 0 amide bonds. The van der Waals surface area contributed by atoms with Gasteiger partial charge in [-0.25, -0.2) is 4.79 Å². The molecule has 62 valence electrons. The molecular weight excluding hydrogens is 148 g/mol. The summed E-state index contributed by atoms with van der Waals surface area (Å²) in [6.07, 6.45) is 0.329. The highest BCUT2D eigenvalue weighted by Gasteiger charge is 2.30. The van der Waals surface area contributed by atoms with Gasteiger partial charge in [-0.1, -0.05) is 0 Å². The summed E-state index contributed by atoms with van der Waals surface area (Å²) in [4.78, 5) is 10.3. The Morgan fingerprint density at radius 2 is 2.36 bits per heavy atom. The molecule has 0 saturated carbocycles. The number of hydrogen-bond acceptors (Lipinski definition) is 3. The summed E-state index contributed by atoms with van der Waals surface area (Å²) in [5.74, 6) is -1.01. The van der Waals surface area contributed by atoms with Crippen LogP contribution in [0.4, 0.5) is 0 Å². The van der Waals surface area contributed by atoms with Gasteiger partial charge < -0.3 is 14.9 Å². The topological polar surface area (TPSA) is 70.1 Å². The number of hydrogen-bond donors (Lipinski definition) is 2. The van der Waals surface area contributed by atoms with E-state index in [4.69, 9.17) is 14.9 Å². The molecule has 0 radical (unpaired) electrons. The molecule has 0 spiro atoms. The fourth-order valence-electron chi connectivity index (χ4n) is 0.687. The van der Waals surface area contributed by atoms with Crippen molar-refractivity contribution in [2.24, 2.45) is 0 Å². The lowest BCUT2D eigenvalue weighted by Crippen LogP contribution is -2.13. The lowest BCUT2D eigenvalue weighted by Gasteiger charge is -1.99. The fraction of sp³-hybridized carbons (Fsp3) is 0.571. The van der Waals surface area contributed by atoms with E-state index in [-0.39, 0.29) is 11.7 Å². The maximum absolute atomic E-state index is 10.3. The molecule has 2 N–H and O–H groups in total. The SMILES string of the molecule is CC(=CC(O)C1CO1)C(=O)O. The van der Waals surface area contributed by atoms with Crippen LogP contribution >= 0.6 is 0 Å². The van der Waals surface area contributed by atoms with Gasteiger partial charge >= 0.3 is 5.97 Å². The Bertz CT molecular complexity index is 193. The lowest BCUT2D eigenvalue weighted by atomic mass is 10.2. The molecular formula is C7H10O4. The molecule has 1 saturated heterocycles. The zero-order chi connectivity index (χ0) is 8.43. The van der Waals surface area contributed by atoms with Crippen LogP contribution in [0, 0.1) is 0 Å². The van der Waals surface area contributed by atoms with E-state index < -0.39 is 12.1 Å². The van der Waals surface area contributed by atoms with Crippen LogP contribution < -0.4 is 0 Å². The average Bonchev–Trinajstić information content (AvgIpc) is 2.67. The van der Waals surface area contributed by atoms with Gasteiger partial charge in [0.25, 0.3) is 0 Å². The molecule has 1 aliphatic heterocycles. The van der Waals surface area contributed by atoms with Crippen molar-refractivity contribution < 1.29 is 19.7 Å². The quantitative estimate of drug-likeness (QED) is 0.440. The Kier molecular flexibility index (Phi) is 2.26. The Labute approximate surface area is 64.1 Å². The van der Waals surface area contributed by atoms with Gasteiger partial charge in [-0.05, 0) is 13.0 Å². The normalized spacial score (nSPS) is 26.4. The summed E-state index contributed by atoms with van der Waals surface area (Å²) in [7, 11) is 0. The number of aliphatic carboxylic acids is 1. The minimum atomic E-state index is -1.01. The lowest BCUT2D eigenvalue weighted by molar-refractivity contribution is -0.132. The zero-order valence-corrected chi connectivity index (χ0v) is 6.15. The van der Waals surface area contributed by atoms with E-state index >= 15 is 0 Å². The van der Waals surface area contributed by atoms with E-state index in [1.165, 1.54) is 13.0 Å². The van der Waals surface area contributed by atoms with Crippen LogP contribution in [0.2, 0.25) is 0 Å². The summed E-state index contributed by atoms with van der Waals surface area (Å²) in [6.45, 7) is 1.96. The highest BCUT2D eigenvalue weighted by Crippen LogP contribution is 2.15. The third-order valence-electron chi connectivity index (χ3n) is 1.50. The van der Waals surface area contributed by atoms with Crippen molar-refractivity contribution in [1.82, 2.24) is 0 Å². The summed E-state index contributed by atoms with van der Waals surface area (Å²) in [5.41, 5.74) is 0.146. The smallest absolute Gasteiger partial charge is 0.331 e. The van der Waals surface area contributed by atoms with E-state index in [1.807, 2.05) is 0 Å². The van der Waals surface area contributed by atoms with E-state index in [2.05, 4.69) is 0 Å². The van der Waals surface area contributed by atoms with Crippen LogP contribution in [0.15, 0.2) is 11.6 Å². The summed E-state index contributed by atoms with van der Waals surface area (Å²) in [5, 5.41) is 17.6. The van der Waals surface area contributed by atoms with E-state index in [9.17, 15) is 4.79 Å². The number of rotatable bonds is 3. The first kappa shape index (κ1) is 8.23. The van der Waals surface area contributed by atoms with Gasteiger partial charge in [0, 0.05) is 5.57 Å². The molecule has 0 aliphatic carbocycles. The van der Waals surface area contributed by atoms with Gasteiger partial charge in [0.05, 0.1) is 6.61 Å². The maximum Gasteiger partial charge on any atom is 0.331 e. The van der Waals surface area contributed by atoms with Crippen molar-refractivity contribution >= 4 is 5.97 Å². The summed E-state index contributed by atoms with van der Waals surface area (Å²) < 4.78 is 4.76. The molecule has 0 aromatic rings. The third kappa shape index (κ3) is 2.32. The second kappa shape index (κ2) is 3.02. The average molecular weight is 158 g/mol. The van der Waals surface area contributed by atoms with Crippen LogP contribution in [0.1, 0.15) is 6.92 Å². The van der Waals surface area contributed by atoms with E-state index in [0.717, 1.165) is 0 Å². The third-order valence-corrected chi connectivity index (χ3v) is 1.50. The maximum atomic E-state index is 10.3. The Hall–Kier alpha value is -0.870. The molecule has 11 heavy (non-hydrogen) atoms. The number of carbonyl (C=O) groups is 1. The number of epoxide rings is 1. The molecule has 0 bridgehead atoms. The molecule has 4 nitrogen and oxygen atoms in total. The number of carboxylic acid groups (broad SMARTS) is 1. The van der Waals surface area contributed by atoms with Crippen molar-refractivity contribution in [3.63, 3.8) is 0 Å². The van der Waals surface area contributed by atoms with Crippen molar-refractivity contribution in [2.75, 3.05) is 6.61 Å². The molecule has 1 rings (SSSR count). The highest BCUT2D eigenvalue weighted by atomic mass is 16.6. The van der Waals surface area contributed by atoms with E-state index in [0.29, 0.717) is 6.61 Å². The largest absolute Gasteiger partial charge is 0.478 e. The van der Waals surface area contributed by atoms with Crippen LogP contribution in [-0.4, -0.2) is 35.0 Å². The first-order chi connectivity index (χ1) is 5.11. The van der Waals surface area contributed by atoms with Gasteiger partial charge in [0.1, 0.15) is 12.2 Å². The molecule has 1 fully saturated rings. The van der Waals surface area contributed by atoms with Gasteiger partial charge in [0.15, 0.2) is 0 Å². The molecule has 0 aromatic heterocycles. The van der Waals surface area contributed by atoms with Gasteiger partial charge in [0.2, 0.25) is 0 Å². The number of ether oxygens (including phenoxy) is 1. The van der Waals surface area contributed by atoms with Crippen LogP contribution in [0.25, 0.3) is 0 Å². The van der Waals surface area contributed by atoms with Gasteiger partial charge in [-0.3, -0.25) is 0 Å². The molecule has 2 unspecified atom stereocenters. The fourth-order valence-corrected chi connectivity index (χ4v) is 0.687. The second-order valence-electron chi connectivity index (χ2n) is 2.52. The van der Waals surface area contributed by atoms with Crippen molar-refractivity contribution in [2.45, 2.75) is 19.1 Å². The molecule has 2 atom stereocenters. The zero-order valence-electron chi connectivity index (χ0n) is 6.15. The minimum Gasteiger partial charge on any atom is -0.478 e. The van der Waals surface area contributed by atoms with E-state index in [1.54, 1.807) is 0 Å². The Morgan fingerprint density at radius 3 is 2.73 bits per heavy atom. The molecule has 1 heterocycles. The monoisotopic (exact) mass is 158 g/mol. The van der Waals surface area contributed by atoms with Crippen molar-refractivity contribution in [3.05, 3.63) is 11.6 Å². The number of aliphatic hydroxyl groups is 1. The van der Waals surface area contributed by atoms with Crippen LogP contribution in [0.3, 0.4) is 0 Å². The van der Waals surface area contributed by atoms with Gasteiger partial charge in [-0.2, -0.15) is 0 Å². The molecule has 4 heteroatoms.